The fourth-order valence-electron chi connectivity index (χ4n) is 4.14. The van der Waals surface area contributed by atoms with Gasteiger partial charge < -0.3 is 10.6 Å². The summed E-state index contributed by atoms with van der Waals surface area (Å²) >= 11 is 1.55. The van der Waals surface area contributed by atoms with Crippen LogP contribution in [0.15, 0.2) is 55.4 Å². The molecule has 3 aromatic heterocycles. The van der Waals surface area contributed by atoms with Crippen LogP contribution in [0.5, 0.6) is 0 Å². The summed E-state index contributed by atoms with van der Waals surface area (Å²) in [5.41, 5.74) is 8.55. The number of nitrogens with two attached hydrogens (primary N) is 1. The summed E-state index contributed by atoms with van der Waals surface area (Å²) in [6.07, 6.45) is 4.53. The normalized spacial score (nSPS) is 16.4. The van der Waals surface area contributed by atoms with Crippen LogP contribution < -0.4 is 5.73 Å². The first-order valence-corrected chi connectivity index (χ1v) is 11.1. The monoisotopic (exact) mass is 448 g/mol. The highest BCUT2D eigenvalue weighted by Crippen LogP contribution is 2.39. The molecule has 1 amide bonds. The molecule has 0 saturated carbocycles. The Morgan fingerprint density at radius 1 is 1.19 bits per heavy atom. The zero-order valence-electron chi connectivity index (χ0n) is 17.2. The van der Waals surface area contributed by atoms with Crippen molar-refractivity contribution in [1.29, 1.82) is 0 Å². The highest BCUT2D eigenvalue weighted by Gasteiger charge is 2.28. The Morgan fingerprint density at radius 2 is 1.97 bits per heavy atom. The molecule has 1 aliphatic rings. The number of nitrogens with zero attached hydrogens (tertiary/aromatic N) is 5. The van der Waals surface area contributed by atoms with Crippen molar-refractivity contribution in [2.45, 2.75) is 18.9 Å². The average molecular weight is 449 g/mol. The SMILES string of the molecule is C=CC(=O)N1CCCC(n2nc(-c3ccc(-c4ccc(F)cc4)s3)c3c(N)ncnc32)C1. The van der Waals surface area contributed by atoms with Gasteiger partial charge in [-0.2, -0.15) is 5.10 Å². The van der Waals surface area contributed by atoms with Crippen LogP contribution in [-0.4, -0.2) is 43.6 Å². The maximum absolute atomic E-state index is 13.3. The van der Waals surface area contributed by atoms with Crippen LogP contribution in [0, 0.1) is 5.82 Å². The van der Waals surface area contributed by atoms with E-state index in [9.17, 15) is 9.18 Å². The molecule has 7 nitrogen and oxygen atoms in total. The molecule has 1 fully saturated rings. The summed E-state index contributed by atoms with van der Waals surface area (Å²) in [4.78, 5) is 24.5. The number of carbonyl (C=O) groups is 1. The number of aromatic nitrogens is 4. The van der Waals surface area contributed by atoms with E-state index in [4.69, 9.17) is 10.8 Å². The molecule has 0 spiro atoms. The predicted octanol–water partition coefficient (Wildman–Crippen LogP) is 4.29. The summed E-state index contributed by atoms with van der Waals surface area (Å²) in [6.45, 7) is 4.84. The Morgan fingerprint density at radius 3 is 2.75 bits per heavy atom. The van der Waals surface area contributed by atoms with E-state index in [2.05, 4.69) is 16.5 Å². The van der Waals surface area contributed by atoms with Gasteiger partial charge in [-0.25, -0.2) is 19.0 Å². The van der Waals surface area contributed by atoms with Crippen molar-refractivity contribution >= 4 is 34.1 Å². The van der Waals surface area contributed by atoms with Crippen LogP contribution in [0.1, 0.15) is 18.9 Å². The third-order valence-corrected chi connectivity index (χ3v) is 6.86. The van der Waals surface area contributed by atoms with Gasteiger partial charge in [0.25, 0.3) is 0 Å². The van der Waals surface area contributed by atoms with Crippen LogP contribution in [-0.2, 0) is 4.79 Å². The topological polar surface area (TPSA) is 89.9 Å². The first kappa shape index (κ1) is 20.3. The van der Waals surface area contributed by atoms with Gasteiger partial charge in [0.15, 0.2) is 5.65 Å². The minimum atomic E-state index is -0.267. The lowest BCUT2D eigenvalue weighted by Gasteiger charge is -2.32. The van der Waals surface area contributed by atoms with Gasteiger partial charge in [-0.3, -0.25) is 4.79 Å². The molecule has 5 rings (SSSR count). The van der Waals surface area contributed by atoms with Crippen molar-refractivity contribution in [1.82, 2.24) is 24.6 Å². The summed E-state index contributed by atoms with van der Waals surface area (Å²) in [5.74, 6) is 0.0159. The number of nitrogen functional groups attached to an aromatic ring is 1. The molecular formula is C23H21FN6OS. The molecule has 32 heavy (non-hydrogen) atoms. The zero-order valence-corrected chi connectivity index (χ0v) is 18.1. The van der Waals surface area contributed by atoms with E-state index in [1.165, 1.54) is 24.5 Å². The lowest BCUT2D eigenvalue weighted by molar-refractivity contribution is -0.127. The van der Waals surface area contributed by atoms with Gasteiger partial charge in [-0.05, 0) is 48.7 Å². The summed E-state index contributed by atoms with van der Waals surface area (Å²) in [6, 6.07) is 10.4. The zero-order chi connectivity index (χ0) is 22.2. The lowest BCUT2D eigenvalue weighted by atomic mass is 10.1. The molecule has 0 bridgehead atoms. The third-order valence-electron chi connectivity index (χ3n) is 5.71. The van der Waals surface area contributed by atoms with Crippen molar-refractivity contribution in [3.63, 3.8) is 0 Å². The number of amides is 1. The van der Waals surface area contributed by atoms with E-state index < -0.39 is 0 Å². The molecule has 1 unspecified atom stereocenters. The van der Waals surface area contributed by atoms with E-state index in [0.29, 0.717) is 35.6 Å². The number of piperidine rings is 1. The minimum absolute atomic E-state index is 0.0188. The molecule has 0 radical (unpaired) electrons. The van der Waals surface area contributed by atoms with Crippen molar-refractivity contribution in [2.75, 3.05) is 18.8 Å². The van der Waals surface area contributed by atoms with Crippen molar-refractivity contribution in [3.05, 3.63) is 61.2 Å². The molecule has 9 heteroatoms. The Bertz CT molecular complexity index is 1310. The highest BCUT2D eigenvalue weighted by atomic mass is 32.1. The van der Waals surface area contributed by atoms with E-state index in [0.717, 1.165) is 28.2 Å². The van der Waals surface area contributed by atoms with E-state index >= 15 is 0 Å². The van der Waals surface area contributed by atoms with Crippen molar-refractivity contribution < 1.29 is 9.18 Å². The minimum Gasteiger partial charge on any atom is -0.383 e. The number of halogens is 1. The van der Waals surface area contributed by atoms with Gasteiger partial charge in [-0.15, -0.1) is 11.3 Å². The summed E-state index contributed by atoms with van der Waals surface area (Å²) in [7, 11) is 0. The Hall–Kier alpha value is -3.59. The third kappa shape index (κ3) is 3.54. The van der Waals surface area contributed by atoms with Crippen molar-refractivity contribution in [3.8, 4) is 21.0 Å². The standard InChI is InChI=1S/C23H21FN6OS/c1-2-19(31)29-11-3-4-16(12-29)30-23-20(22(25)26-13-27-23)21(28-30)18-10-9-17(32-18)14-5-7-15(24)8-6-14/h2,5-10,13,16H,1,3-4,11-12H2,(H2,25,26,27). The highest BCUT2D eigenvalue weighted by molar-refractivity contribution is 7.18. The Labute approximate surface area is 188 Å². The Kier molecular flexibility index (Phi) is 5.18. The second-order valence-corrected chi connectivity index (χ2v) is 8.79. The predicted molar refractivity (Wildman–Crippen MR) is 123 cm³/mol. The molecule has 2 N–H and O–H groups in total. The molecule has 1 aromatic carbocycles. The molecular weight excluding hydrogens is 427 g/mol. The van der Waals surface area contributed by atoms with Gasteiger partial charge in [0.2, 0.25) is 5.91 Å². The van der Waals surface area contributed by atoms with Crippen molar-refractivity contribution in [2.24, 2.45) is 0 Å². The second kappa shape index (κ2) is 8.16. The number of fused-ring (bicyclic) bond motifs is 1. The quantitative estimate of drug-likeness (QED) is 0.470. The van der Waals surface area contributed by atoms with Gasteiger partial charge in [-0.1, -0.05) is 18.7 Å². The van der Waals surface area contributed by atoms with Crippen LogP contribution in [0.2, 0.25) is 0 Å². The first-order chi connectivity index (χ1) is 15.5. The van der Waals surface area contributed by atoms with Gasteiger partial charge in [0.1, 0.15) is 23.7 Å². The number of hydrogen-bond donors (Lipinski definition) is 1. The maximum Gasteiger partial charge on any atom is 0.246 e. The van der Waals surface area contributed by atoms with E-state index in [1.54, 1.807) is 28.4 Å². The number of anilines is 1. The number of rotatable bonds is 4. The molecule has 4 heterocycles. The molecule has 0 aliphatic carbocycles. The van der Waals surface area contributed by atoms with Gasteiger partial charge in [0.05, 0.1) is 16.3 Å². The summed E-state index contributed by atoms with van der Waals surface area (Å²) in [5, 5.41) is 5.61. The molecule has 1 atom stereocenters. The average Bonchev–Trinajstić information content (AvgIpc) is 3.45. The largest absolute Gasteiger partial charge is 0.383 e. The van der Waals surface area contributed by atoms with Crippen LogP contribution in [0.3, 0.4) is 0 Å². The number of benzene rings is 1. The smallest absolute Gasteiger partial charge is 0.246 e. The fourth-order valence-corrected chi connectivity index (χ4v) is 5.14. The number of likely N-dealkylation sites (tertiary alicyclic amines) is 1. The van der Waals surface area contributed by atoms with Crippen LogP contribution in [0.4, 0.5) is 10.2 Å². The van der Waals surface area contributed by atoms with Crippen LogP contribution >= 0.6 is 11.3 Å². The summed E-state index contributed by atoms with van der Waals surface area (Å²) < 4.78 is 15.2. The van der Waals surface area contributed by atoms with Gasteiger partial charge in [0, 0.05) is 18.0 Å². The molecule has 4 aromatic rings. The van der Waals surface area contributed by atoms with E-state index in [1.807, 2.05) is 16.8 Å². The maximum atomic E-state index is 13.3. The van der Waals surface area contributed by atoms with Crippen LogP contribution in [0.25, 0.3) is 32.0 Å². The van der Waals surface area contributed by atoms with E-state index in [-0.39, 0.29) is 17.8 Å². The number of thiophene rings is 1. The fraction of sp³-hybridized carbons (Fsp3) is 0.217. The first-order valence-electron chi connectivity index (χ1n) is 10.3. The van der Waals surface area contributed by atoms with Gasteiger partial charge >= 0.3 is 0 Å². The lowest BCUT2D eigenvalue weighted by Crippen LogP contribution is -2.40. The number of hydrogen-bond acceptors (Lipinski definition) is 6. The Balaban J connectivity index is 1.57. The molecule has 162 valence electrons. The second-order valence-electron chi connectivity index (χ2n) is 7.71. The number of carbonyl (C=O) groups excluding carboxylic acids is 1. The molecule has 1 saturated heterocycles. The molecule has 1 aliphatic heterocycles.